The number of carbonyl (C=O) groups excluding carboxylic acids is 1. The van der Waals surface area contributed by atoms with Crippen LogP contribution in [0, 0.1) is 0 Å². The zero-order valence-corrected chi connectivity index (χ0v) is 16.8. The van der Waals surface area contributed by atoms with E-state index in [1.165, 1.54) is 12.7 Å². The van der Waals surface area contributed by atoms with Crippen molar-refractivity contribution in [3.63, 3.8) is 0 Å². The summed E-state index contributed by atoms with van der Waals surface area (Å²) in [5, 5.41) is 0. The van der Waals surface area contributed by atoms with Crippen LogP contribution >= 0.6 is 0 Å². The van der Waals surface area contributed by atoms with Gasteiger partial charge in [-0.3, -0.25) is 4.79 Å². The fourth-order valence-electron chi connectivity index (χ4n) is 2.59. The third-order valence-electron chi connectivity index (χ3n) is 4.38. The van der Waals surface area contributed by atoms with E-state index in [0.717, 1.165) is 44.1 Å². The second-order valence-electron chi connectivity index (χ2n) is 7.52. The van der Waals surface area contributed by atoms with Crippen molar-refractivity contribution in [1.82, 2.24) is 0 Å². The van der Waals surface area contributed by atoms with E-state index in [9.17, 15) is 13.2 Å². The van der Waals surface area contributed by atoms with Crippen molar-refractivity contribution in [2.45, 2.75) is 70.5 Å². The fourth-order valence-corrected chi connectivity index (χ4v) is 3.79. The number of esters is 1. The first-order valence-corrected chi connectivity index (χ1v) is 10.7. The Morgan fingerprint density at radius 1 is 1.00 bits per heavy atom. The molecule has 0 heterocycles. The predicted molar refractivity (Wildman–Crippen MR) is 102 cm³/mol. The Bertz CT molecular complexity index is 642. The van der Waals surface area contributed by atoms with E-state index in [4.69, 9.17) is 4.74 Å². The Labute approximate surface area is 152 Å². The number of hydrogen-bond donors (Lipinski definition) is 0. The quantitative estimate of drug-likeness (QED) is 0.461. The van der Waals surface area contributed by atoms with Gasteiger partial charge >= 0.3 is 5.97 Å². The van der Waals surface area contributed by atoms with Crippen LogP contribution in [0.15, 0.2) is 24.3 Å². The first kappa shape index (κ1) is 21.7. The fraction of sp³-hybridized carbons (Fsp3) is 0.650. The summed E-state index contributed by atoms with van der Waals surface area (Å²) in [5.74, 6) is 0.0638. The summed E-state index contributed by atoms with van der Waals surface area (Å²) in [7, 11) is -1.59. The number of rotatable bonds is 10. The number of aryl methyl sites for hydroxylation is 1. The van der Waals surface area contributed by atoms with Crippen molar-refractivity contribution >= 4 is 15.8 Å². The van der Waals surface area contributed by atoms with Gasteiger partial charge in [0.2, 0.25) is 0 Å². The van der Waals surface area contributed by atoms with Crippen LogP contribution < -0.4 is 0 Å². The highest BCUT2D eigenvalue weighted by atomic mass is 32.2. The molecule has 4 nitrogen and oxygen atoms in total. The monoisotopic (exact) mass is 368 g/mol. The maximum absolute atomic E-state index is 12.0. The molecule has 0 saturated carbocycles. The maximum Gasteiger partial charge on any atom is 0.309 e. The molecule has 0 saturated heterocycles. The third kappa shape index (κ3) is 8.04. The van der Waals surface area contributed by atoms with Gasteiger partial charge in [-0.1, -0.05) is 43.5 Å². The van der Waals surface area contributed by atoms with Crippen molar-refractivity contribution in [2.75, 3.05) is 12.9 Å². The molecule has 0 aliphatic rings. The van der Waals surface area contributed by atoms with Crippen molar-refractivity contribution in [2.24, 2.45) is 0 Å². The molecule has 0 aromatic heterocycles. The minimum atomic E-state index is -2.99. The molecule has 0 unspecified atom stereocenters. The summed E-state index contributed by atoms with van der Waals surface area (Å²) in [6, 6.07) is 8.06. The SMILES string of the molecule is COC(=O)Cc1cccc(CCCCCCCS(=O)(=O)C(C)(C)C)c1. The molecule has 0 amide bonds. The van der Waals surface area contributed by atoms with Crippen molar-refractivity contribution in [3.8, 4) is 0 Å². The van der Waals surface area contributed by atoms with Crippen molar-refractivity contribution < 1.29 is 17.9 Å². The molecule has 1 aromatic rings. The first-order valence-electron chi connectivity index (χ1n) is 9.02. The lowest BCUT2D eigenvalue weighted by atomic mass is 10.0. The topological polar surface area (TPSA) is 60.4 Å². The Balaban J connectivity index is 2.24. The molecule has 5 heteroatoms. The first-order chi connectivity index (χ1) is 11.7. The van der Waals surface area contributed by atoms with Crippen LogP contribution in [0.1, 0.15) is 64.0 Å². The second kappa shape index (κ2) is 9.95. The molecule has 0 N–H and O–H groups in total. The molecule has 142 valence electrons. The minimum Gasteiger partial charge on any atom is -0.469 e. The lowest BCUT2D eigenvalue weighted by Gasteiger charge is -2.18. The van der Waals surface area contributed by atoms with E-state index >= 15 is 0 Å². The predicted octanol–water partition coefficient (Wildman–Crippen LogP) is 4.11. The summed E-state index contributed by atoms with van der Waals surface area (Å²) >= 11 is 0. The minimum absolute atomic E-state index is 0.220. The Hall–Kier alpha value is -1.36. The molecule has 0 bridgehead atoms. The molecule has 0 aliphatic carbocycles. The molecule has 0 fully saturated rings. The summed E-state index contributed by atoms with van der Waals surface area (Å²) < 4.78 is 28.1. The van der Waals surface area contributed by atoms with Gasteiger partial charge < -0.3 is 4.74 Å². The number of hydrogen-bond acceptors (Lipinski definition) is 4. The molecule has 0 atom stereocenters. The molecule has 1 aromatic carbocycles. The third-order valence-corrected chi connectivity index (χ3v) is 7.07. The number of carbonyl (C=O) groups is 1. The molecular weight excluding hydrogens is 336 g/mol. The number of sulfone groups is 1. The summed E-state index contributed by atoms with van der Waals surface area (Å²) in [6.07, 6.45) is 6.22. The van der Waals surface area contributed by atoms with Crippen LogP contribution in [0.25, 0.3) is 0 Å². The van der Waals surface area contributed by atoms with Crippen LogP contribution in [0.3, 0.4) is 0 Å². The lowest BCUT2D eigenvalue weighted by molar-refractivity contribution is -0.139. The van der Waals surface area contributed by atoms with Crippen LogP contribution in [0.4, 0.5) is 0 Å². The van der Waals surface area contributed by atoms with Crippen molar-refractivity contribution in [1.29, 1.82) is 0 Å². The van der Waals surface area contributed by atoms with Gasteiger partial charge in [0.1, 0.15) is 0 Å². The average molecular weight is 369 g/mol. The Kier molecular flexibility index (Phi) is 8.63. The van der Waals surface area contributed by atoms with Gasteiger partial charge in [0.05, 0.1) is 24.0 Å². The van der Waals surface area contributed by atoms with Gasteiger partial charge in [-0.15, -0.1) is 0 Å². The molecule has 1 rings (SSSR count). The van der Waals surface area contributed by atoms with Gasteiger partial charge in [-0.05, 0) is 51.2 Å². The number of ether oxygens (including phenoxy) is 1. The average Bonchev–Trinajstić information content (AvgIpc) is 2.53. The zero-order chi connectivity index (χ0) is 18.9. The Morgan fingerprint density at radius 3 is 2.24 bits per heavy atom. The second-order valence-corrected chi connectivity index (χ2v) is 10.4. The summed E-state index contributed by atoms with van der Waals surface area (Å²) in [6.45, 7) is 5.28. The number of unbranched alkanes of at least 4 members (excludes halogenated alkanes) is 4. The van der Waals surface area contributed by atoms with Crippen molar-refractivity contribution in [3.05, 3.63) is 35.4 Å². The molecule has 0 spiro atoms. The van der Waals surface area contributed by atoms with Gasteiger partial charge in [-0.2, -0.15) is 0 Å². The van der Waals surface area contributed by atoms with E-state index in [-0.39, 0.29) is 11.7 Å². The molecule has 0 radical (unpaired) electrons. The van der Waals surface area contributed by atoms with Crippen LogP contribution in [0.2, 0.25) is 0 Å². The maximum atomic E-state index is 12.0. The highest BCUT2D eigenvalue weighted by molar-refractivity contribution is 7.92. The zero-order valence-electron chi connectivity index (χ0n) is 16.0. The van der Waals surface area contributed by atoms with E-state index < -0.39 is 14.6 Å². The van der Waals surface area contributed by atoms with Gasteiger partial charge in [-0.25, -0.2) is 8.42 Å². The van der Waals surface area contributed by atoms with E-state index in [0.29, 0.717) is 6.42 Å². The Morgan fingerprint density at radius 2 is 1.60 bits per heavy atom. The number of benzene rings is 1. The normalized spacial score (nSPS) is 12.2. The number of methoxy groups -OCH3 is 1. The van der Waals surface area contributed by atoms with E-state index in [1.807, 2.05) is 12.1 Å². The van der Waals surface area contributed by atoms with Gasteiger partial charge in [0.25, 0.3) is 0 Å². The van der Waals surface area contributed by atoms with Crippen LogP contribution in [-0.2, 0) is 32.2 Å². The van der Waals surface area contributed by atoms with Gasteiger partial charge in [0, 0.05) is 0 Å². The smallest absolute Gasteiger partial charge is 0.309 e. The largest absolute Gasteiger partial charge is 0.469 e. The molecule has 0 aliphatic heterocycles. The van der Waals surface area contributed by atoms with Crippen LogP contribution in [0.5, 0.6) is 0 Å². The molecular formula is C20H32O4S. The van der Waals surface area contributed by atoms with Crippen LogP contribution in [-0.4, -0.2) is 32.0 Å². The summed E-state index contributed by atoms with van der Waals surface area (Å²) in [5.41, 5.74) is 2.22. The highest BCUT2D eigenvalue weighted by Gasteiger charge is 2.27. The molecule has 25 heavy (non-hydrogen) atoms. The van der Waals surface area contributed by atoms with Gasteiger partial charge in [0.15, 0.2) is 9.84 Å². The summed E-state index contributed by atoms with van der Waals surface area (Å²) in [4.78, 5) is 11.3. The lowest BCUT2D eigenvalue weighted by Crippen LogP contribution is -2.30. The van der Waals surface area contributed by atoms with E-state index in [2.05, 4.69) is 12.1 Å². The highest BCUT2D eigenvalue weighted by Crippen LogP contribution is 2.18. The van der Waals surface area contributed by atoms with E-state index in [1.54, 1.807) is 20.8 Å². The standard InChI is InChI=1S/C20H32O4S/c1-20(2,3)25(22,23)14-9-7-5-6-8-11-17-12-10-13-18(15-17)16-19(21)24-4/h10,12-13,15H,5-9,11,14,16H2,1-4H3.